The van der Waals surface area contributed by atoms with Gasteiger partial charge in [0, 0.05) is 30.7 Å². The van der Waals surface area contributed by atoms with Crippen molar-refractivity contribution in [1.29, 1.82) is 5.26 Å². The molecule has 1 aliphatic heterocycles. The molecular weight excluding hydrogens is 186 g/mol. The third-order valence-electron chi connectivity index (χ3n) is 3.13. The Hall–Kier alpha value is -0.590. The van der Waals surface area contributed by atoms with Gasteiger partial charge < -0.3 is 5.32 Å². The highest BCUT2D eigenvalue weighted by molar-refractivity contribution is 4.92. The molecule has 0 bridgehead atoms. The van der Waals surface area contributed by atoms with Crippen LogP contribution in [0.3, 0.4) is 0 Å². The van der Waals surface area contributed by atoms with Gasteiger partial charge in [-0.05, 0) is 34.1 Å². The van der Waals surface area contributed by atoms with E-state index < -0.39 is 0 Å². The van der Waals surface area contributed by atoms with Gasteiger partial charge in [0.05, 0.1) is 12.5 Å². The standard InChI is InChI=1S/C12H23N3/c1-10-6-8-15(12(2,3)4)11(5-7-13)9-14-10/h10-11,14H,5-6,8-9H2,1-4H3. The molecule has 1 N–H and O–H groups in total. The van der Waals surface area contributed by atoms with E-state index in [-0.39, 0.29) is 5.54 Å². The van der Waals surface area contributed by atoms with Crippen LogP contribution in [0.15, 0.2) is 0 Å². The topological polar surface area (TPSA) is 39.1 Å². The van der Waals surface area contributed by atoms with Crippen molar-refractivity contribution in [2.45, 2.75) is 58.2 Å². The summed E-state index contributed by atoms with van der Waals surface area (Å²) in [5, 5.41) is 12.3. The second kappa shape index (κ2) is 4.96. The lowest BCUT2D eigenvalue weighted by molar-refractivity contribution is 0.0925. The van der Waals surface area contributed by atoms with E-state index in [2.05, 4.69) is 44.0 Å². The van der Waals surface area contributed by atoms with Crippen LogP contribution in [-0.4, -0.2) is 35.6 Å². The van der Waals surface area contributed by atoms with E-state index in [0.29, 0.717) is 18.5 Å². The molecule has 0 aromatic carbocycles. The first-order chi connectivity index (χ1) is 6.95. The van der Waals surface area contributed by atoms with Gasteiger partial charge in [0.25, 0.3) is 0 Å². The van der Waals surface area contributed by atoms with Crippen LogP contribution in [0.1, 0.15) is 40.5 Å². The molecular formula is C12H23N3. The fraction of sp³-hybridized carbons (Fsp3) is 0.917. The van der Waals surface area contributed by atoms with Gasteiger partial charge in [0.2, 0.25) is 0 Å². The molecule has 0 aromatic heterocycles. The van der Waals surface area contributed by atoms with Gasteiger partial charge in [-0.25, -0.2) is 0 Å². The van der Waals surface area contributed by atoms with Crippen LogP contribution in [0.5, 0.6) is 0 Å². The lowest BCUT2D eigenvalue weighted by Gasteiger charge is -2.39. The van der Waals surface area contributed by atoms with Crippen molar-refractivity contribution in [3.63, 3.8) is 0 Å². The van der Waals surface area contributed by atoms with Crippen molar-refractivity contribution in [3.8, 4) is 6.07 Å². The molecule has 86 valence electrons. The molecule has 1 fully saturated rings. The molecule has 2 unspecified atom stereocenters. The van der Waals surface area contributed by atoms with Gasteiger partial charge in [0.15, 0.2) is 0 Å². The second-order valence-corrected chi connectivity index (χ2v) is 5.48. The lowest BCUT2D eigenvalue weighted by atomic mass is 10.0. The minimum Gasteiger partial charge on any atom is -0.313 e. The second-order valence-electron chi connectivity index (χ2n) is 5.48. The molecule has 0 amide bonds. The van der Waals surface area contributed by atoms with Gasteiger partial charge in [0.1, 0.15) is 0 Å². The summed E-state index contributed by atoms with van der Waals surface area (Å²) >= 11 is 0. The number of hydrogen-bond donors (Lipinski definition) is 1. The largest absolute Gasteiger partial charge is 0.313 e. The normalized spacial score (nSPS) is 29.5. The van der Waals surface area contributed by atoms with Gasteiger partial charge >= 0.3 is 0 Å². The molecule has 3 heteroatoms. The summed E-state index contributed by atoms with van der Waals surface area (Å²) in [6.45, 7) is 10.9. The smallest absolute Gasteiger partial charge is 0.0638 e. The highest BCUT2D eigenvalue weighted by Gasteiger charge is 2.30. The van der Waals surface area contributed by atoms with E-state index in [1.54, 1.807) is 0 Å². The SMILES string of the molecule is CC1CCN(C(C)(C)C)C(CC#N)CN1. The summed E-state index contributed by atoms with van der Waals surface area (Å²) in [4.78, 5) is 2.46. The van der Waals surface area contributed by atoms with Crippen LogP contribution >= 0.6 is 0 Å². The lowest BCUT2D eigenvalue weighted by Crippen LogP contribution is -2.50. The van der Waals surface area contributed by atoms with E-state index in [4.69, 9.17) is 5.26 Å². The van der Waals surface area contributed by atoms with Crippen LogP contribution < -0.4 is 5.32 Å². The fourth-order valence-electron chi connectivity index (χ4n) is 2.24. The third-order valence-corrected chi connectivity index (χ3v) is 3.13. The zero-order valence-electron chi connectivity index (χ0n) is 10.4. The molecule has 3 nitrogen and oxygen atoms in total. The van der Waals surface area contributed by atoms with Crippen LogP contribution in [0, 0.1) is 11.3 Å². The maximum atomic E-state index is 8.86. The molecule has 1 aliphatic rings. The van der Waals surface area contributed by atoms with Crippen molar-refractivity contribution in [2.75, 3.05) is 13.1 Å². The number of nitrogens with zero attached hydrogens (tertiary/aromatic N) is 2. The predicted molar refractivity (Wildman–Crippen MR) is 62.6 cm³/mol. The molecule has 15 heavy (non-hydrogen) atoms. The Labute approximate surface area is 93.5 Å². The summed E-state index contributed by atoms with van der Waals surface area (Å²) in [5.74, 6) is 0. The van der Waals surface area contributed by atoms with Gasteiger partial charge in [-0.15, -0.1) is 0 Å². The summed E-state index contributed by atoms with van der Waals surface area (Å²) in [6.07, 6.45) is 1.79. The van der Waals surface area contributed by atoms with Crippen molar-refractivity contribution >= 4 is 0 Å². The molecule has 2 atom stereocenters. The van der Waals surface area contributed by atoms with Crippen molar-refractivity contribution in [2.24, 2.45) is 0 Å². The first kappa shape index (κ1) is 12.5. The Balaban J connectivity index is 2.74. The molecule has 1 saturated heterocycles. The zero-order valence-corrected chi connectivity index (χ0v) is 10.4. The molecule has 0 spiro atoms. The van der Waals surface area contributed by atoms with E-state index in [0.717, 1.165) is 13.1 Å². The van der Waals surface area contributed by atoms with E-state index in [1.807, 2.05) is 0 Å². The monoisotopic (exact) mass is 209 g/mol. The Morgan fingerprint density at radius 1 is 1.47 bits per heavy atom. The summed E-state index contributed by atoms with van der Waals surface area (Å²) < 4.78 is 0. The Morgan fingerprint density at radius 3 is 2.67 bits per heavy atom. The van der Waals surface area contributed by atoms with Gasteiger partial charge in [-0.1, -0.05) is 0 Å². The molecule has 0 radical (unpaired) electrons. The predicted octanol–water partition coefficient (Wildman–Crippen LogP) is 1.75. The third kappa shape index (κ3) is 3.48. The van der Waals surface area contributed by atoms with E-state index in [1.165, 1.54) is 6.42 Å². The molecule has 0 aromatic rings. The van der Waals surface area contributed by atoms with Gasteiger partial charge in [-0.3, -0.25) is 4.90 Å². The Bertz CT molecular complexity index is 236. The summed E-state index contributed by atoms with van der Waals surface area (Å²) in [5.41, 5.74) is 0.160. The van der Waals surface area contributed by atoms with Crippen LogP contribution in [0.4, 0.5) is 0 Å². The number of nitriles is 1. The van der Waals surface area contributed by atoms with Crippen LogP contribution in [0.2, 0.25) is 0 Å². The van der Waals surface area contributed by atoms with Gasteiger partial charge in [-0.2, -0.15) is 5.26 Å². The fourth-order valence-corrected chi connectivity index (χ4v) is 2.24. The maximum absolute atomic E-state index is 8.86. The van der Waals surface area contributed by atoms with E-state index >= 15 is 0 Å². The zero-order chi connectivity index (χ0) is 11.5. The average Bonchev–Trinajstić information content (AvgIpc) is 2.28. The van der Waals surface area contributed by atoms with Crippen molar-refractivity contribution in [3.05, 3.63) is 0 Å². The molecule has 1 rings (SSSR count). The van der Waals surface area contributed by atoms with Crippen molar-refractivity contribution in [1.82, 2.24) is 10.2 Å². The Kier molecular flexibility index (Phi) is 4.12. The highest BCUT2D eigenvalue weighted by Crippen LogP contribution is 2.21. The first-order valence-electron chi connectivity index (χ1n) is 5.82. The summed E-state index contributed by atoms with van der Waals surface area (Å²) in [6, 6.07) is 3.23. The highest BCUT2D eigenvalue weighted by atomic mass is 15.2. The van der Waals surface area contributed by atoms with Crippen molar-refractivity contribution < 1.29 is 0 Å². The number of nitrogens with one attached hydrogen (secondary N) is 1. The van der Waals surface area contributed by atoms with Crippen LogP contribution in [0.25, 0.3) is 0 Å². The minimum atomic E-state index is 0.160. The minimum absolute atomic E-state index is 0.160. The number of rotatable bonds is 1. The molecule has 0 aliphatic carbocycles. The average molecular weight is 209 g/mol. The molecule has 1 heterocycles. The summed E-state index contributed by atoms with van der Waals surface area (Å²) in [7, 11) is 0. The molecule has 0 saturated carbocycles. The van der Waals surface area contributed by atoms with E-state index in [9.17, 15) is 0 Å². The first-order valence-corrected chi connectivity index (χ1v) is 5.82. The quantitative estimate of drug-likeness (QED) is 0.715. The maximum Gasteiger partial charge on any atom is 0.0638 e. The number of hydrogen-bond acceptors (Lipinski definition) is 3. The van der Waals surface area contributed by atoms with Crippen LogP contribution in [-0.2, 0) is 0 Å². The Morgan fingerprint density at radius 2 is 2.13 bits per heavy atom.